The Morgan fingerprint density at radius 3 is 1.12 bits per heavy atom. The van der Waals surface area contributed by atoms with Crippen molar-refractivity contribution in [1.29, 1.82) is 0 Å². The zero-order valence-corrected chi connectivity index (χ0v) is 5.71. The van der Waals surface area contributed by atoms with Gasteiger partial charge in [-0.05, 0) is 0 Å². The fourth-order valence-electron chi connectivity index (χ4n) is 0. The van der Waals surface area contributed by atoms with E-state index >= 15 is 0 Å². The van der Waals surface area contributed by atoms with E-state index in [1.807, 2.05) is 0 Å². The SMILES string of the molecule is CB(C)P(O)(O)(O)O. The van der Waals surface area contributed by atoms with E-state index in [1.54, 1.807) is 0 Å². The first-order valence-corrected chi connectivity index (χ1v) is 4.33. The Bertz CT molecular complexity index is 84.7. The molecule has 8 heavy (non-hydrogen) atoms. The first kappa shape index (κ1) is 8.33. The molecule has 0 spiro atoms. The van der Waals surface area contributed by atoms with Crippen LogP contribution in [0.3, 0.4) is 0 Å². The van der Waals surface area contributed by atoms with Gasteiger partial charge in [0.1, 0.15) is 0 Å². The average molecular weight is 140 g/mol. The maximum atomic E-state index is 8.36. The van der Waals surface area contributed by atoms with Crippen LogP contribution >= 0.6 is 7.39 Å². The van der Waals surface area contributed by atoms with Gasteiger partial charge in [-0.3, -0.25) is 0 Å². The van der Waals surface area contributed by atoms with Gasteiger partial charge in [-0.2, -0.15) is 0 Å². The molecule has 0 rings (SSSR count). The Morgan fingerprint density at radius 2 is 1.12 bits per heavy atom. The molecule has 0 saturated carbocycles. The minimum absolute atomic E-state index is 0.902. The van der Waals surface area contributed by atoms with Crippen molar-refractivity contribution in [3.05, 3.63) is 0 Å². The molecule has 0 aromatic heterocycles. The zero-order chi connectivity index (χ0) is 7.02. The van der Waals surface area contributed by atoms with Crippen molar-refractivity contribution in [3.63, 3.8) is 0 Å². The third kappa shape index (κ3) is 2.60. The predicted molar refractivity (Wildman–Crippen MR) is 33.3 cm³/mol. The molecule has 0 radical (unpaired) electrons. The molecule has 0 unspecified atom stereocenters. The molecule has 4 N–H and O–H groups in total. The van der Waals surface area contributed by atoms with Gasteiger partial charge in [0.25, 0.3) is 0 Å². The van der Waals surface area contributed by atoms with E-state index in [4.69, 9.17) is 19.6 Å². The first-order chi connectivity index (χ1) is 3.20. The minimum atomic E-state index is -5.18. The zero-order valence-electron chi connectivity index (χ0n) is 4.81. The Morgan fingerprint density at radius 1 is 1.00 bits per heavy atom. The van der Waals surface area contributed by atoms with Crippen molar-refractivity contribution < 1.29 is 19.6 Å². The van der Waals surface area contributed by atoms with Crippen LogP contribution in [-0.4, -0.2) is 26.0 Å². The molecular weight excluding hydrogens is 130 g/mol. The number of hydrogen-bond donors (Lipinski definition) is 4. The van der Waals surface area contributed by atoms with Gasteiger partial charge in [-0.15, -0.1) is 0 Å². The van der Waals surface area contributed by atoms with E-state index in [1.165, 1.54) is 13.6 Å². The summed E-state index contributed by atoms with van der Waals surface area (Å²) in [7, 11) is -5.18. The molecule has 0 aliphatic rings. The Kier molecular flexibility index (Phi) is 1.72. The molecule has 0 saturated heterocycles. The van der Waals surface area contributed by atoms with Crippen LogP contribution in [0.25, 0.3) is 0 Å². The van der Waals surface area contributed by atoms with E-state index in [2.05, 4.69) is 0 Å². The van der Waals surface area contributed by atoms with Crippen molar-refractivity contribution in [2.45, 2.75) is 13.6 Å². The second kappa shape index (κ2) is 1.66. The molecule has 0 aliphatic heterocycles. The molecule has 4 nitrogen and oxygen atoms in total. The molecular formula is C2H10BO4P. The van der Waals surface area contributed by atoms with Crippen LogP contribution in [0.4, 0.5) is 0 Å². The summed E-state index contributed by atoms with van der Waals surface area (Å²) in [6.45, 7) is 2.63. The molecule has 0 bridgehead atoms. The summed E-state index contributed by atoms with van der Waals surface area (Å²) in [5, 5.41) is 0. The molecule has 0 atom stereocenters. The normalized spacial score (nSPS) is 17.0. The summed E-state index contributed by atoms with van der Waals surface area (Å²) < 4.78 is 0. The van der Waals surface area contributed by atoms with Crippen LogP contribution in [0.2, 0.25) is 13.6 Å². The van der Waals surface area contributed by atoms with Gasteiger partial charge in [0.2, 0.25) is 0 Å². The Hall–Kier alpha value is 0.335. The van der Waals surface area contributed by atoms with E-state index in [-0.39, 0.29) is 0 Å². The van der Waals surface area contributed by atoms with Gasteiger partial charge in [0.15, 0.2) is 0 Å². The van der Waals surface area contributed by atoms with Crippen molar-refractivity contribution >= 4 is 13.8 Å². The molecule has 0 amide bonds. The quantitative estimate of drug-likeness (QED) is 0.290. The molecule has 0 fully saturated rings. The molecule has 0 aromatic carbocycles. The Balaban J connectivity index is 4.14. The van der Waals surface area contributed by atoms with Crippen molar-refractivity contribution in [2.75, 3.05) is 0 Å². The first-order valence-electron chi connectivity index (χ1n) is 2.21. The summed E-state index contributed by atoms with van der Waals surface area (Å²) in [4.78, 5) is 33.4. The van der Waals surface area contributed by atoms with Gasteiger partial charge in [-0.25, -0.2) is 0 Å². The van der Waals surface area contributed by atoms with Crippen LogP contribution in [0.5, 0.6) is 0 Å². The van der Waals surface area contributed by atoms with Crippen molar-refractivity contribution in [3.8, 4) is 0 Å². The summed E-state index contributed by atoms with van der Waals surface area (Å²) in [6.07, 6.45) is -0.902. The Labute approximate surface area is 48.1 Å². The fourth-order valence-corrected chi connectivity index (χ4v) is 0. The standard InChI is InChI=1S/C2H10BO4P/c1-3(2)8(4,5,6)7/h4-7H,1-2H3. The number of hydrogen-bond acceptors (Lipinski definition) is 4. The van der Waals surface area contributed by atoms with Gasteiger partial charge in [-0.1, -0.05) is 0 Å². The average Bonchev–Trinajstić information content (AvgIpc) is 1.27. The summed E-state index contributed by atoms with van der Waals surface area (Å²) >= 11 is 0. The van der Waals surface area contributed by atoms with E-state index in [0.29, 0.717) is 0 Å². The third-order valence-electron chi connectivity index (χ3n) is 0.924. The molecule has 0 aromatic rings. The van der Waals surface area contributed by atoms with Crippen molar-refractivity contribution in [2.24, 2.45) is 0 Å². The second-order valence-electron chi connectivity index (χ2n) is 2.09. The van der Waals surface area contributed by atoms with E-state index < -0.39 is 13.8 Å². The van der Waals surface area contributed by atoms with Crippen molar-refractivity contribution in [1.82, 2.24) is 0 Å². The van der Waals surface area contributed by atoms with E-state index in [9.17, 15) is 0 Å². The predicted octanol–water partition coefficient (Wildman–Crippen LogP) is -0.580. The molecule has 0 heterocycles. The second-order valence-corrected chi connectivity index (χ2v) is 5.12. The van der Waals surface area contributed by atoms with Crippen LogP contribution in [0.15, 0.2) is 0 Å². The molecule has 0 aliphatic carbocycles. The van der Waals surface area contributed by atoms with Gasteiger partial charge in [0.05, 0.1) is 0 Å². The summed E-state index contributed by atoms with van der Waals surface area (Å²) in [5.41, 5.74) is 0. The molecule has 6 heteroatoms. The van der Waals surface area contributed by atoms with Crippen LogP contribution in [0.1, 0.15) is 0 Å². The summed E-state index contributed by atoms with van der Waals surface area (Å²) in [5.74, 6) is 0. The molecule has 50 valence electrons. The van der Waals surface area contributed by atoms with E-state index in [0.717, 1.165) is 0 Å². The van der Waals surface area contributed by atoms with Crippen LogP contribution in [0, 0.1) is 0 Å². The number of rotatable bonds is 1. The van der Waals surface area contributed by atoms with Crippen LogP contribution in [-0.2, 0) is 0 Å². The van der Waals surface area contributed by atoms with Crippen LogP contribution < -0.4 is 0 Å². The maximum absolute atomic E-state index is 8.36. The van der Waals surface area contributed by atoms with Gasteiger partial charge >= 0.3 is 47.0 Å². The summed E-state index contributed by atoms with van der Waals surface area (Å²) in [6, 6.07) is 0. The fraction of sp³-hybridized carbons (Fsp3) is 1.00. The third-order valence-corrected chi connectivity index (χ3v) is 2.77. The van der Waals surface area contributed by atoms with Gasteiger partial charge in [0, 0.05) is 0 Å². The van der Waals surface area contributed by atoms with Gasteiger partial charge < -0.3 is 0 Å². The topological polar surface area (TPSA) is 80.9 Å². The monoisotopic (exact) mass is 140 g/mol.